The Bertz CT molecular complexity index is 633. The minimum Gasteiger partial charge on any atom is -0.343 e. The highest BCUT2D eigenvalue weighted by molar-refractivity contribution is 6.30. The number of carbonyl (C=O) groups is 2. The molecular formula is C21H29ClN2O2. The van der Waals surface area contributed by atoms with Crippen molar-refractivity contribution in [3.8, 4) is 0 Å². The quantitative estimate of drug-likeness (QED) is 0.802. The van der Waals surface area contributed by atoms with Crippen LogP contribution < -0.4 is 0 Å². The summed E-state index contributed by atoms with van der Waals surface area (Å²) in [6.45, 7) is 5.47. The van der Waals surface area contributed by atoms with Crippen molar-refractivity contribution >= 4 is 23.4 Å². The number of likely N-dealkylation sites (tertiary alicyclic amines) is 2. The molecule has 0 radical (unpaired) electrons. The number of aryl methyl sites for hydroxylation is 1. The summed E-state index contributed by atoms with van der Waals surface area (Å²) in [5, 5.41) is 0.710. The van der Waals surface area contributed by atoms with Gasteiger partial charge in [-0.3, -0.25) is 9.59 Å². The standard InChI is InChI=1S/C21H29ClN2O2/c1-16-7-11-24(12-8-16)21(26)18-9-13-23(14-10-18)20(25)6-5-17-3-2-4-19(22)15-17/h2-4,15-16,18H,5-14H2,1H3. The zero-order chi connectivity index (χ0) is 18.5. The first kappa shape index (κ1) is 19.2. The number of piperidine rings is 2. The SMILES string of the molecule is CC1CCN(C(=O)C2CCN(C(=O)CCc3cccc(Cl)c3)CC2)CC1. The number of hydrogen-bond donors (Lipinski definition) is 0. The van der Waals surface area contributed by atoms with Gasteiger partial charge in [0.15, 0.2) is 0 Å². The third-order valence-electron chi connectivity index (χ3n) is 5.81. The lowest BCUT2D eigenvalue weighted by molar-refractivity contribution is -0.141. The van der Waals surface area contributed by atoms with Crippen molar-refractivity contribution in [2.45, 2.75) is 45.4 Å². The molecule has 142 valence electrons. The smallest absolute Gasteiger partial charge is 0.225 e. The molecule has 2 heterocycles. The van der Waals surface area contributed by atoms with Crippen molar-refractivity contribution in [1.82, 2.24) is 9.80 Å². The number of benzene rings is 1. The van der Waals surface area contributed by atoms with E-state index in [4.69, 9.17) is 11.6 Å². The van der Waals surface area contributed by atoms with Crippen LogP contribution in [-0.2, 0) is 16.0 Å². The molecule has 2 fully saturated rings. The second-order valence-corrected chi connectivity index (χ2v) is 8.23. The molecule has 3 rings (SSSR count). The van der Waals surface area contributed by atoms with Crippen LogP contribution in [-0.4, -0.2) is 47.8 Å². The van der Waals surface area contributed by atoms with E-state index in [-0.39, 0.29) is 11.8 Å². The van der Waals surface area contributed by atoms with Crippen LogP contribution in [0.4, 0.5) is 0 Å². The summed E-state index contributed by atoms with van der Waals surface area (Å²) in [6, 6.07) is 7.68. The van der Waals surface area contributed by atoms with Gasteiger partial charge in [0.2, 0.25) is 11.8 Å². The van der Waals surface area contributed by atoms with Crippen LogP contribution in [0.5, 0.6) is 0 Å². The van der Waals surface area contributed by atoms with Crippen molar-refractivity contribution in [3.05, 3.63) is 34.9 Å². The van der Waals surface area contributed by atoms with E-state index in [9.17, 15) is 9.59 Å². The highest BCUT2D eigenvalue weighted by Crippen LogP contribution is 2.24. The average Bonchev–Trinajstić information content (AvgIpc) is 2.66. The molecule has 0 spiro atoms. The molecule has 1 aromatic rings. The van der Waals surface area contributed by atoms with E-state index in [0.29, 0.717) is 36.9 Å². The Kier molecular flexibility index (Phi) is 6.58. The summed E-state index contributed by atoms with van der Waals surface area (Å²) in [5.74, 6) is 1.32. The summed E-state index contributed by atoms with van der Waals surface area (Å²) in [7, 11) is 0. The average molecular weight is 377 g/mol. The lowest BCUT2D eigenvalue weighted by Crippen LogP contribution is -2.46. The largest absolute Gasteiger partial charge is 0.343 e. The van der Waals surface area contributed by atoms with Crippen LogP contribution in [0, 0.1) is 11.8 Å². The van der Waals surface area contributed by atoms with Gasteiger partial charge in [-0.25, -0.2) is 0 Å². The zero-order valence-electron chi connectivity index (χ0n) is 15.6. The van der Waals surface area contributed by atoms with Gasteiger partial charge < -0.3 is 9.80 Å². The summed E-state index contributed by atoms with van der Waals surface area (Å²) in [4.78, 5) is 29.1. The topological polar surface area (TPSA) is 40.6 Å². The molecule has 0 unspecified atom stereocenters. The number of amides is 2. The predicted molar refractivity (Wildman–Crippen MR) is 104 cm³/mol. The van der Waals surface area contributed by atoms with Crippen LogP contribution in [0.1, 0.15) is 44.6 Å². The lowest BCUT2D eigenvalue weighted by atomic mass is 9.92. The van der Waals surface area contributed by atoms with Gasteiger partial charge >= 0.3 is 0 Å². The van der Waals surface area contributed by atoms with Gasteiger partial charge in [-0.1, -0.05) is 30.7 Å². The molecule has 2 saturated heterocycles. The first-order chi connectivity index (χ1) is 12.5. The highest BCUT2D eigenvalue weighted by atomic mass is 35.5. The Morgan fingerprint density at radius 1 is 1.04 bits per heavy atom. The molecule has 5 heteroatoms. The first-order valence-corrected chi connectivity index (χ1v) is 10.2. The van der Waals surface area contributed by atoms with Crippen LogP contribution in [0.15, 0.2) is 24.3 Å². The summed E-state index contributed by atoms with van der Waals surface area (Å²) < 4.78 is 0. The van der Waals surface area contributed by atoms with Crippen molar-refractivity contribution in [2.75, 3.05) is 26.2 Å². The van der Waals surface area contributed by atoms with E-state index < -0.39 is 0 Å². The monoisotopic (exact) mass is 376 g/mol. The Hall–Kier alpha value is -1.55. The van der Waals surface area contributed by atoms with Crippen LogP contribution >= 0.6 is 11.6 Å². The maximum atomic E-state index is 12.7. The number of rotatable bonds is 4. The van der Waals surface area contributed by atoms with Gasteiger partial charge in [-0.05, 0) is 55.7 Å². The third-order valence-corrected chi connectivity index (χ3v) is 6.04. The van der Waals surface area contributed by atoms with Gasteiger partial charge in [0.05, 0.1) is 0 Å². The molecule has 2 aliphatic heterocycles. The molecule has 0 N–H and O–H groups in total. The summed E-state index contributed by atoms with van der Waals surface area (Å²) >= 11 is 6.00. The molecule has 0 atom stereocenters. The van der Waals surface area contributed by atoms with E-state index in [1.54, 1.807) is 0 Å². The fraction of sp³-hybridized carbons (Fsp3) is 0.619. The van der Waals surface area contributed by atoms with E-state index in [0.717, 1.165) is 50.3 Å². The lowest BCUT2D eigenvalue weighted by Gasteiger charge is -2.36. The van der Waals surface area contributed by atoms with Gasteiger partial charge in [0.25, 0.3) is 0 Å². The second-order valence-electron chi connectivity index (χ2n) is 7.79. The molecule has 1 aromatic carbocycles. The van der Waals surface area contributed by atoms with Crippen molar-refractivity contribution in [1.29, 1.82) is 0 Å². The Morgan fingerprint density at radius 3 is 2.35 bits per heavy atom. The molecule has 0 aliphatic carbocycles. The van der Waals surface area contributed by atoms with E-state index in [1.807, 2.05) is 34.1 Å². The van der Waals surface area contributed by atoms with E-state index in [2.05, 4.69) is 6.92 Å². The minimum absolute atomic E-state index is 0.0976. The van der Waals surface area contributed by atoms with Crippen molar-refractivity contribution in [3.63, 3.8) is 0 Å². The molecule has 4 nitrogen and oxygen atoms in total. The molecular weight excluding hydrogens is 348 g/mol. The molecule has 2 amide bonds. The normalized spacial score (nSPS) is 19.6. The van der Waals surface area contributed by atoms with Crippen molar-refractivity contribution < 1.29 is 9.59 Å². The number of hydrogen-bond acceptors (Lipinski definition) is 2. The van der Waals surface area contributed by atoms with Crippen molar-refractivity contribution in [2.24, 2.45) is 11.8 Å². The Morgan fingerprint density at radius 2 is 1.69 bits per heavy atom. The Labute approximate surface area is 161 Å². The maximum absolute atomic E-state index is 12.7. The van der Waals surface area contributed by atoms with Crippen LogP contribution in [0.3, 0.4) is 0 Å². The van der Waals surface area contributed by atoms with E-state index in [1.165, 1.54) is 0 Å². The third kappa shape index (κ3) is 5.00. The second kappa shape index (κ2) is 8.90. The Balaban J connectivity index is 1.42. The predicted octanol–water partition coefficient (Wildman–Crippen LogP) is 3.77. The number of halogens is 1. The fourth-order valence-corrected chi connectivity index (χ4v) is 4.18. The molecule has 0 aromatic heterocycles. The van der Waals surface area contributed by atoms with Gasteiger partial charge in [-0.15, -0.1) is 0 Å². The van der Waals surface area contributed by atoms with Crippen LogP contribution in [0.25, 0.3) is 0 Å². The first-order valence-electron chi connectivity index (χ1n) is 9.84. The molecule has 0 bridgehead atoms. The fourth-order valence-electron chi connectivity index (χ4n) is 3.96. The summed E-state index contributed by atoms with van der Waals surface area (Å²) in [5.41, 5.74) is 1.09. The summed E-state index contributed by atoms with van der Waals surface area (Å²) in [6.07, 6.45) is 5.05. The van der Waals surface area contributed by atoms with Gasteiger partial charge in [-0.2, -0.15) is 0 Å². The highest BCUT2D eigenvalue weighted by Gasteiger charge is 2.31. The molecule has 26 heavy (non-hydrogen) atoms. The molecule has 0 saturated carbocycles. The number of carbonyl (C=O) groups excluding carboxylic acids is 2. The van der Waals surface area contributed by atoms with E-state index >= 15 is 0 Å². The maximum Gasteiger partial charge on any atom is 0.225 e. The number of nitrogens with zero attached hydrogens (tertiary/aromatic N) is 2. The minimum atomic E-state index is 0.0976. The van der Waals surface area contributed by atoms with Gasteiger partial charge in [0, 0.05) is 43.5 Å². The zero-order valence-corrected chi connectivity index (χ0v) is 16.4. The van der Waals surface area contributed by atoms with Crippen LogP contribution in [0.2, 0.25) is 5.02 Å². The molecule has 2 aliphatic rings. The van der Waals surface area contributed by atoms with Gasteiger partial charge in [0.1, 0.15) is 0 Å².